The van der Waals surface area contributed by atoms with Crippen LogP contribution in [0.5, 0.6) is 0 Å². The monoisotopic (exact) mass is 305 g/mol. The van der Waals surface area contributed by atoms with Crippen molar-refractivity contribution < 1.29 is 14.7 Å². The van der Waals surface area contributed by atoms with Crippen molar-refractivity contribution in [1.82, 2.24) is 4.90 Å². The summed E-state index contributed by atoms with van der Waals surface area (Å²) in [5.41, 5.74) is 0.162. The summed E-state index contributed by atoms with van der Waals surface area (Å²) in [6, 6.07) is 3.92. The molecule has 0 radical (unpaired) electrons. The number of rotatable bonds is 2. The van der Waals surface area contributed by atoms with Gasteiger partial charge in [0.2, 0.25) is 0 Å². The average molecular weight is 306 g/mol. The number of amides is 1. The molecule has 0 spiro atoms. The zero-order valence-corrected chi connectivity index (χ0v) is 11.4. The lowest BCUT2D eigenvalue weighted by atomic mass is 10.1. The van der Waals surface area contributed by atoms with Crippen LogP contribution in [0.1, 0.15) is 10.4 Å². The van der Waals surface area contributed by atoms with Crippen molar-refractivity contribution in [3.8, 4) is 0 Å². The Balaban J connectivity index is 2.34. The molecule has 2 rings (SSSR count). The number of aliphatic carboxylic acids is 1. The molecule has 0 bridgehead atoms. The summed E-state index contributed by atoms with van der Waals surface area (Å²) in [4.78, 5) is 24.6. The van der Waals surface area contributed by atoms with Crippen LogP contribution < -0.4 is 0 Å². The molecule has 1 N–H and O–H groups in total. The summed E-state index contributed by atoms with van der Waals surface area (Å²) >= 11 is 13.3. The largest absolute Gasteiger partial charge is 0.480 e. The van der Waals surface area contributed by atoms with Crippen LogP contribution in [0.2, 0.25) is 10.0 Å². The highest BCUT2D eigenvalue weighted by atomic mass is 35.5. The predicted molar refractivity (Wildman–Crippen MR) is 71.4 cm³/mol. The topological polar surface area (TPSA) is 57.6 Å². The summed E-state index contributed by atoms with van der Waals surface area (Å²) in [5, 5.41) is 9.51. The highest BCUT2D eigenvalue weighted by Gasteiger charge is 2.36. The zero-order chi connectivity index (χ0) is 13.3. The van der Waals surface area contributed by atoms with E-state index in [4.69, 9.17) is 28.3 Å². The summed E-state index contributed by atoms with van der Waals surface area (Å²) in [7, 11) is 0. The fourth-order valence-electron chi connectivity index (χ4n) is 1.69. The quantitative estimate of drug-likeness (QED) is 0.912. The van der Waals surface area contributed by atoms with Crippen LogP contribution in [0.3, 0.4) is 0 Å². The normalized spacial score (nSPS) is 19.0. The molecule has 1 aromatic rings. The van der Waals surface area contributed by atoms with Gasteiger partial charge in [0.25, 0.3) is 5.91 Å². The van der Waals surface area contributed by atoms with Crippen LogP contribution in [-0.2, 0) is 4.79 Å². The van der Waals surface area contributed by atoms with Crippen molar-refractivity contribution >= 4 is 46.8 Å². The van der Waals surface area contributed by atoms with E-state index in [1.807, 2.05) is 0 Å². The van der Waals surface area contributed by atoms with Gasteiger partial charge in [-0.2, -0.15) is 0 Å². The molecule has 4 nitrogen and oxygen atoms in total. The number of carboxylic acids is 1. The molecule has 0 aliphatic carbocycles. The van der Waals surface area contributed by atoms with E-state index in [0.29, 0.717) is 11.6 Å². The molecule has 0 aromatic heterocycles. The molecule has 1 heterocycles. The maximum atomic E-state index is 12.3. The standard InChI is InChI=1S/C11H9Cl2NO3S/c12-6-2-1-3-7(13)9(6)10(15)14-5-18-4-8(14)11(16)17/h1-3,8H,4-5H2,(H,16,17)/t8-/m0/s1. The van der Waals surface area contributed by atoms with Gasteiger partial charge >= 0.3 is 5.97 Å². The van der Waals surface area contributed by atoms with Crippen LogP contribution in [0.15, 0.2) is 18.2 Å². The van der Waals surface area contributed by atoms with Gasteiger partial charge in [-0.15, -0.1) is 11.8 Å². The average Bonchev–Trinajstić information content (AvgIpc) is 2.77. The van der Waals surface area contributed by atoms with Gasteiger partial charge in [-0.25, -0.2) is 4.79 Å². The molecule has 1 atom stereocenters. The molecular weight excluding hydrogens is 297 g/mol. The third-order valence-corrected chi connectivity index (χ3v) is 4.25. The second-order valence-corrected chi connectivity index (χ2v) is 5.54. The highest BCUT2D eigenvalue weighted by Crippen LogP contribution is 2.30. The smallest absolute Gasteiger partial charge is 0.327 e. The van der Waals surface area contributed by atoms with E-state index in [1.165, 1.54) is 16.7 Å². The van der Waals surface area contributed by atoms with E-state index in [1.54, 1.807) is 18.2 Å². The Morgan fingerprint density at radius 3 is 2.50 bits per heavy atom. The van der Waals surface area contributed by atoms with Crippen molar-refractivity contribution in [2.75, 3.05) is 11.6 Å². The first-order valence-corrected chi connectivity index (χ1v) is 6.99. The number of carbonyl (C=O) groups excluding carboxylic acids is 1. The number of halogens is 2. The first kappa shape index (κ1) is 13.5. The molecule has 1 aliphatic heterocycles. The minimum atomic E-state index is -1.02. The Morgan fingerprint density at radius 2 is 1.94 bits per heavy atom. The predicted octanol–water partition coefficient (Wildman–Crippen LogP) is 2.59. The minimum absolute atomic E-state index is 0.162. The van der Waals surface area contributed by atoms with Gasteiger partial charge in [-0.05, 0) is 12.1 Å². The lowest BCUT2D eigenvalue weighted by Gasteiger charge is -2.21. The van der Waals surface area contributed by atoms with Gasteiger partial charge in [0.15, 0.2) is 0 Å². The second-order valence-electron chi connectivity index (χ2n) is 3.73. The molecule has 18 heavy (non-hydrogen) atoms. The van der Waals surface area contributed by atoms with Crippen LogP contribution in [0, 0.1) is 0 Å². The molecule has 96 valence electrons. The number of hydrogen-bond donors (Lipinski definition) is 1. The molecule has 7 heteroatoms. The Bertz CT molecular complexity index is 489. The maximum absolute atomic E-state index is 12.3. The van der Waals surface area contributed by atoms with E-state index in [0.717, 1.165) is 0 Å². The molecule has 1 saturated heterocycles. The molecule has 1 aliphatic rings. The van der Waals surface area contributed by atoms with Crippen molar-refractivity contribution in [3.05, 3.63) is 33.8 Å². The van der Waals surface area contributed by atoms with E-state index < -0.39 is 17.9 Å². The number of thioether (sulfide) groups is 1. The Morgan fingerprint density at radius 1 is 1.33 bits per heavy atom. The number of carboxylic acid groups (broad SMARTS) is 1. The van der Waals surface area contributed by atoms with E-state index in [9.17, 15) is 9.59 Å². The Kier molecular flexibility index (Phi) is 4.04. The summed E-state index contributed by atoms with van der Waals surface area (Å²) in [5.74, 6) is -0.750. The van der Waals surface area contributed by atoms with Gasteiger partial charge < -0.3 is 10.0 Å². The van der Waals surface area contributed by atoms with Crippen LogP contribution >= 0.6 is 35.0 Å². The molecule has 1 amide bonds. The van der Waals surface area contributed by atoms with Gasteiger partial charge in [-0.1, -0.05) is 29.3 Å². The first-order chi connectivity index (χ1) is 8.52. The van der Waals surface area contributed by atoms with E-state index in [2.05, 4.69) is 0 Å². The molecular formula is C11H9Cl2NO3S. The van der Waals surface area contributed by atoms with Crippen LogP contribution in [0.4, 0.5) is 0 Å². The van der Waals surface area contributed by atoms with Crippen molar-refractivity contribution in [3.63, 3.8) is 0 Å². The summed E-state index contributed by atoms with van der Waals surface area (Å²) < 4.78 is 0. The van der Waals surface area contributed by atoms with Gasteiger partial charge in [0.05, 0.1) is 21.5 Å². The van der Waals surface area contributed by atoms with Gasteiger partial charge in [-0.3, -0.25) is 4.79 Å². The van der Waals surface area contributed by atoms with Crippen molar-refractivity contribution in [2.24, 2.45) is 0 Å². The van der Waals surface area contributed by atoms with Crippen molar-refractivity contribution in [1.29, 1.82) is 0 Å². The number of benzene rings is 1. The fraction of sp³-hybridized carbons (Fsp3) is 0.273. The lowest BCUT2D eigenvalue weighted by Crippen LogP contribution is -2.41. The summed E-state index contributed by atoms with van der Waals surface area (Å²) in [6.45, 7) is 0. The third-order valence-electron chi connectivity index (χ3n) is 2.60. The zero-order valence-electron chi connectivity index (χ0n) is 9.10. The SMILES string of the molecule is O=C(O)[C@@H]1CSCN1C(=O)c1c(Cl)cccc1Cl. The van der Waals surface area contributed by atoms with Gasteiger partial charge in [0.1, 0.15) is 6.04 Å². The Labute approximate surface area is 118 Å². The van der Waals surface area contributed by atoms with Gasteiger partial charge in [0, 0.05) is 5.75 Å². The lowest BCUT2D eigenvalue weighted by molar-refractivity contribution is -0.140. The number of hydrogen-bond acceptors (Lipinski definition) is 3. The maximum Gasteiger partial charge on any atom is 0.327 e. The van der Waals surface area contributed by atoms with E-state index in [-0.39, 0.29) is 15.6 Å². The van der Waals surface area contributed by atoms with E-state index >= 15 is 0 Å². The Hall–Kier alpha value is -0.910. The van der Waals surface area contributed by atoms with Crippen LogP contribution in [0.25, 0.3) is 0 Å². The first-order valence-electron chi connectivity index (χ1n) is 5.08. The number of carbonyl (C=O) groups is 2. The highest BCUT2D eigenvalue weighted by molar-refractivity contribution is 7.99. The molecule has 0 saturated carbocycles. The third kappa shape index (κ3) is 2.43. The summed E-state index contributed by atoms with van der Waals surface area (Å²) in [6.07, 6.45) is 0. The molecule has 0 unspecified atom stereocenters. The molecule has 1 aromatic carbocycles. The van der Waals surface area contributed by atoms with Crippen LogP contribution in [-0.4, -0.2) is 39.6 Å². The second kappa shape index (κ2) is 5.38. The fourth-order valence-corrected chi connectivity index (χ4v) is 3.40. The number of nitrogens with zero attached hydrogens (tertiary/aromatic N) is 1. The molecule has 1 fully saturated rings. The minimum Gasteiger partial charge on any atom is -0.480 e. The van der Waals surface area contributed by atoms with Crippen molar-refractivity contribution in [2.45, 2.75) is 6.04 Å².